The van der Waals surface area contributed by atoms with Crippen molar-refractivity contribution in [1.82, 2.24) is 0 Å². The fourth-order valence-corrected chi connectivity index (χ4v) is 2.23. The van der Waals surface area contributed by atoms with Crippen LogP contribution >= 0.6 is 0 Å². The number of aryl methyl sites for hydroxylation is 1. The number of aliphatic hydroxyl groups is 1. The van der Waals surface area contributed by atoms with E-state index in [-0.39, 0.29) is 0 Å². The number of hydrogen-bond donors (Lipinski definition) is 3. The molecule has 0 saturated carbocycles. The van der Waals surface area contributed by atoms with Crippen LogP contribution in [0.4, 0.5) is 0 Å². The van der Waals surface area contributed by atoms with E-state index in [1.165, 1.54) is 0 Å². The average molecular weight is 295 g/mol. The van der Waals surface area contributed by atoms with Gasteiger partial charge in [-0.15, -0.1) is 0 Å². The predicted molar refractivity (Wildman–Crippen MR) is 88.4 cm³/mol. The van der Waals surface area contributed by atoms with Crippen molar-refractivity contribution in [3.63, 3.8) is 0 Å². The van der Waals surface area contributed by atoms with Gasteiger partial charge in [0.05, 0.1) is 6.10 Å². The molecular weight excluding hydrogens is 274 g/mol. The van der Waals surface area contributed by atoms with E-state index in [9.17, 15) is 10.2 Å². The highest BCUT2D eigenvalue weighted by molar-refractivity contribution is 5.38. The van der Waals surface area contributed by atoms with Gasteiger partial charge in [0.2, 0.25) is 0 Å². The first kappa shape index (κ1) is 16.1. The number of para-hydroxylation sites is 1. The molecule has 0 radical (unpaired) electrons. The van der Waals surface area contributed by atoms with Gasteiger partial charge in [0.25, 0.3) is 0 Å². The minimum atomic E-state index is -0.534. The standard InChI is InChI=1S/C19H21NO2/c20-13-12-19(22)17-10-5-7-15(14-17)6-1-2-8-16-9-3-4-11-18(16)21/h3-5,7,9-11,14,19,21-22H,2,8,12-13,20H2. The Balaban J connectivity index is 1.97. The molecule has 0 saturated heterocycles. The van der Waals surface area contributed by atoms with Crippen molar-refractivity contribution in [3.05, 3.63) is 65.2 Å². The zero-order valence-corrected chi connectivity index (χ0v) is 12.5. The molecule has 114 valence electrons. The van der Waals surface area contributed by atoms with E-state index in [1.807, 2.05) is 42.5 Å². The number of hydrogen-bond acceptors (Lipinski definition) is 3. The molecule has 0 spiro atoms. The fraction of sp³-hybridized carbons (Fsp3) is 0.263. The van der Waals surface area contributed by atoms with Crippen molar-refractivity contribution < 1.29 is 10.2 Å². The molecule has 0 bridgehead atoms. The summed E-state index contributed by atoms with van der Waals surface area (Å²) < 4.78 is 0. The van der Waals surface area contributed by atoms with Crippen molar-refractivity contribution in [2.75, 3.05) is 6.54 Å². The molecule has 0 aliphatic carbocycles. The SMILES string of the molecule is NCCC(O)c1cccc(C#CCCc2ccccc2O)c1. The average Bonchev–Trinajstić information content (AvgIpc) is 2.54. The minimum absolute atomic E-state index is 0.316. The number of phenolic OH excluding ortho intramolecular Hbond substituents is 1. The van der Waals surface area contributed by atoms with Gasteiger partial charge >= 0.3 is 0 Å². The molecule has 22 heavy (non-hydrogen) atoms. The van der Waals surface area contributed by atoms with Crippen molar-refractivity contribution in [3.8, 4) is 17.6 Å². The van der Waals surface area contributed by atoms with E-state index in [4.69, 9.17) is 5.73 Å². The van der Waals surface area contributed by atoms with Crippen molar-refractivity contribution >= 4 is 0 Å². The summed E-state index contributed by atoms with van der Waals surface area (Å²) >= 11 is 0. The zero-order chi connectivity index (χ0) is 15.8. The molecule has 0 aromatic heterocycles. The van der Waals surface area contributed by atoms with Crippen molar-refractivity contribution in [2.24, 2.45) is 5.73 Å². The number of aliphatic hydroxyl groups excluding tert-OH is 1. The molecule has 0 amide bonds. The van der Waals surface area contributed by atoms with E-state index in [0.717, 1.165) is 23.1 Å². The lowest BCUT2D eigenvalue weighted by Crippen LogP contribution is -2.06. The molecule has 4 N–H and O–H groups in total. The summed E-state index contributed by atoms with van der Waals surface area (Å²) in [5.41, 5.74) is 8.09. The Kier molecular flexibility index (Phi) is 6.02. The number of aromatic hydroxyl groups is 1. The summed E-state index contributed by atoms with van der Waals surface area (Å²) in [5.74, 6) is 6.52. The summed E-state index contributed by atoms with van der Waals surface area (Å²) in [4.78, 5) is 0. The van der Waals surface area contributed by atoms with Gasteiger partial charge in [0.1, 0.15) is 5.75 Å². The maximum atomic E-state index is 9.94. The quantitative estimate of drug-likeness (QED) is 0.743. The third-order valence-corrected chi connectivity index (χ3v) is 3.46. The molecule has 2 rings (SSSR count). The van der Waals surface area contributed by atoms with Crippen LogP contribution in [0.15, 0.2) is 48.5 Å². The molecule has 0 aliphatic heterocycles. The normalized spacial score (nSPS) is 11.5. The molecule has 0 heterocycles. The number of benzene rings is 2. The largest absolute Gasteiger partial charge is 0.508 e. The second kappa shape index (κ2) is 8.23. The van der Waals surface area contributed by atoms with E-state index >= 15 is 0 Å². The van der Waals surface area contributed by atoms with E-state index in [2.05, 4.69) is 11.8 Å². The first-order chi connectivity index (χ1) is 10.7. The molecule has 0 aliphatic rings. The van der Waals surface area contributed by atoms with Crippen LogP contribution in [0, 0.1) is 11.8 Å². The lowest BCUT2D eigenvalue weighted by Gasteiger charge is -2.09. The van der Waals surface area contributed by atoms with Gasteiger partial charge in [-0.3, -0.25) is 0 Å². The Morgan fingerprint density at radius 1 is 1.09 bits per heavy atom. The first-order valence-electron chi connectivity index (χ1n) is 7.44. The van der Waals surface area contributed by atoms with Crippen LogP contribution in [-0.2, 0) is 6.42 Å². The zero-order valence-electron chi connectivity index (χ0n) is 12.5. The fourth-order valence-electron chi connectivity index (χ4n) is 2.23. The van der Waals surface area contributed by atoms with E-state index in [0.29, 0.717) is 25.1 Å². The highest BCUT2D eigenvalue weighted by Crippen LogP contribution is 2.18. The summed E-state index contributed by atoms with van der Waals surface area (Å²) in [6.45, 7) is 0.456. The van der Waals surface area contributed by atoms with Gasteiger partial charge in [-0.1, -0.05) is 42.2 Å². The minimum Gasteiger partial charge on any atom is -0.508 e. The Hall–Kier alpha value is -2.28. The molecular formula is C19H21NO2. The summed E-state index contributed by atoms with van der Waals surface area (Å²) in [5, 5.41) is 19.6. The summed E-state index contributed by atoms with van der Waals surface area (Å²) in [7, 11) is 0. The van der Waals surface area contributed by atoms with Gasteiger partial charge in [-0.25, -0.2) is 0 Å². The Labute approximate surface area is 131 Å². The van der Waals surface area contributed by atoms with Gasteiger partial charge in [0.15, 0.2) is 0 Å². The highest BCUT2D eigenvalue weighted by atomic mass is 16.3. The van der Waals surface area contributed by atoms with E-state index < -0.39 is 6.10 Å². The molecule has 0 fully saturated rings. The molecule has 3 heteroatoms. The van der Waals surface area contributed by atoms with Crippen LogP contribution in [-0.4, -0.2) is 16.8 Å². The Morgan fingerprint density at radius 3 is 2.68 bits per heavy atom. The number of nitrogens with two attached hydrogens (primary N) is 1. The Bertz CT molecular complexity index is 670. The maximum absolute atomic E-state index is 9.94. The lowest BCUT2D eigenvalue weighted by atomic mass is 10.0. The van der Waals surface area contributed by atoms with Crippen molar-refractivity contribution in [2.45, 2.75) is 25.4 Å². The first-order valence-corrected chi connectivity index (χ1v) is 7.44. The molecule has 1 atom stereocenters. The number of rotatable bonds is 5. The van der Waals surface area contributed by atoms with Gasteiger partial charge in [-0.05, 0) is 48.7 Å². The third kappa shape index (κ3) is 4.63. The topological polar surface area (TPSA) is 66.5 Å². The molecule has 2 aromatic rings. The second-order valence-corrected chi connectivity index (χ2v) is 5.15. The monoisotopic (exact) mass is 295 g/mol. The second-order valence-electron chi connectivity index (χ2n) is 5.15. The summed E-state index contributed by atoms with van der Waals surface area (Å²) in [6, 6.07) is 14.9. The van der Waals surface area contributed by atoms with Crippen molar-refractivity contribution in [1.29, 1.82) is 0 Å². The molecule has 1 unspecified atom stereocenters. The van der Waals surface area contributed by atoms with Crippen LogP contribution < -0.4 is 5.73 Å². The van der Waals surface area contributed by atoms with Crippen LogP contribution in [0.1, 0.15) is 35.6 Å². The highest BCUT2D eigenvalue weighted by Gasteiger charge is 2.05. The van der Waals surface area contributed by atoms with Crippen LogP contribution in [0.5, 0.6) is 5.75 Å². The maximum Gasteiger partial charge on any atom is 0.118 e. The van der Waals surface area contributed by atoms with Gasteiger partial charge < -0.3 is 15.9 Å². The third-order valence-electron chi connectivity index (χ3n) is 3.46. The predicted octanol–water partition coefficient (Wildman–Crippen LogP) is 2.76. The smallest absolute Gasteiger partial charge is 0.118 e. The number of phenols is 1. The van der Waals surface area contributed by atoms with Gasteiger partial charge in [-0.2, -0.15) is 0 Å². The van der Waals surface area contributed by atoms with Crippen LogP contribution in [0.2, 0.25) is 0 Å². The molecule has 3 nitrogen and oxygen atoms in total. The summed E-state index contributed by atoms with van der Waals surface area (Å²) in [6.07, 6.45) is 1.40. The van der Waals surface area contributed by atoms with Gasteiger partial charge in [0, 0.05) is 12.0 Å². The Morgan fingerprint density at radius 2 is 1.91 bits per heavy atom. The van der Waals surface area contributed by atoms with Crippen LogP contribution in [0.3, 0.4) is 0 Å². The van der Waals surface area contributed by atoms with E-state index in [1.54, 1.807) is 6.07 Å². The molecule has 2 aromatic carbocycles. The lowest BCUT2D eigenvalue weighted by molar-refractivity contribution is 0.170. The van der Waals surface area contributed by atoms with Crippen LogP contribution in [0.25, 0.3) is 0 Å².